The number of esters is 1. The van der Waals surface area contributed by atoms with Crippen LogP contribution >= 0.6 is 0 Å². The van der Waals surface area contributed by atoms with E-state index in [0.29, 0.717) is 5.56 Å². The normalized spacial score (nSPS) is 16.5. The molecule has 0 fully saturated rings. The van der Waals surface area contributed by atoms with Gasteiger partial charge in [-0.3, -0.25) is 0 Å². The number of carbonyl (C=O) groups is 2. The number of urea groups is 1. The Hall–Kier alpha value is -3.40. The first-order valence-corrected chi connectivity index (χ1v) is 11.0. The number of nitrogens with one attached hydrogen (secondary N) is 2. The quantitative estimate of drug-likeness (QED) is 0.461. The van der Waals surface area contributed by atoms with Gasteiger partial charge in [0.05, 0.1) is 28.9 Å². The molecule has 0 radical (unpaired) electrons. The van der Waals surface area contributed by atoms with Crippen molar-refractivity contribution in [1.29, 1.82) is 0 Å². The van der Waals surface area contributed by atoms with Gasteiger partial charge in [0.2, 0.25) is 0 Å². The van der Waals surface area contributed by atoms with Gasteiger partial charge in [-0.2, -0.15) is 0 Å². The minimum Gasteiger partial charge on any atom is -0.508 e. The van der Waals surface area contributed by atoms with E-state index in [1.54, 1.807) is 6.92 Å². The summed E-state index contributed by atoms with van der Waals surface area (Å²) in [5, 5.41) is 14.5. The van der Waals surface area contributed by atoms with Gasteiger partial charge in [-0.05, 0) is 55.3 Å². The smallest absolute Gasteiger partial charge is 0.338 e. The van der Waals surface area contributed by atoms with Crippen LogP contribution in [0.2, 0.25) is 0 Å². The van der Waals surface area contributed by atoms with Crippen LogP contribution in [0.15, 0.2) is 58.6 Å². The SMILES string of the molecule is CCOC(=O)C1=C(CS(=O)(=O)c2ccc(F)c(C)c2)NC(=O)NC1c1ccc(O)cc1. The lowest BCUT2D eigenvalue weighted by Crippen LogP contribution is -2.47. The number of ether oxygens (including phenoxy) is 1. The first kappa shape index (κ1) is 22.3. The molecule has 0 bridgehead atoms. The summed E-state index contributed by atoms with van der Waals surface area (Å²) in [4.78, 5) is 24.8. The Morgan fingerprint density at radius 2 is 1.87 bits per heavy atom. The van der Waals surface area contributed by atoms with E-state index in [1.807, 2.05) is 0 Å². The van der Waals surface area contributed by atoms with E-state index in [-0.39, 0.29) is 34.1 Å². The van der Waals surface area contributed by atoms with Crippen LogP contribution in [-0.2, 0) is 19.4 Å². The maximum Gasteiger partial charge on any atom is 0.338 e. The molecule has 1 unspecified atom stereocenters. The van der Waals surface area contributed by atoms with E-state index in [0.717, 1.165) is 12.1 Å². The van der Waals surface area contributed by atoms with Crippen LogP contribution in [0.4, 0.5) is 9.18 Å². The molecule has 8 nitrogen and oxygen atoms in total. The van der Waals surface area contributed by atoms with Crippen molar-refractivity contribution in [1.82, 2.24) is 10.6 Å². The zero-order chi connectivity index (χ0) is 22.8. The van der Waals surface area contributed by atoms with E-state index >= 15 is 0 Å². The Balaban J connectivity index is 2.10. The van der Waals surface area contributed by atoms with Crippen LogP contribution in [0.1, 0.15) is 24.1 Å². The van der Waals surface area contributed by atoms with E-state index in [9.17, 15) is 27.5 Å². The van der Waals surface area contributed by atoms with Crippen LogP contribution in [0.3, 0.4) is 0 Å². The lowest BCUT2D eigenvalue weighted by atomic mass is 9.95. The van der Waals surface area contributed by atoms with Crippen LogP contribution in [0.5, 0.6) is 5.75 Å². The second-order valence-corrected chi connectivity index (χ2v) is 8.90. The minimum atomic E-state index is -4.03. The predicted molar refractivity (Wildman–Crippen MR) is 109 cm³/mol. The highest BCUT2D eigenvalue weighted by Crippen LogP contribution is 2.30. The summed E-state index contributed by atoms with van der Waals surface area (Å²) in [7, 11) is -4.03. The Kier molecular flexibility index (Phi) is 6.30. The number of hydrogen-bond donors (Lipinski definition) is 3. The van der Waals surface area contributed by atoms with E-state index in [4.69, 9.17) is 4.74 Å². The van der Waals surface area contributed by atoms with Crippen molar-refractivity contribution >= 4 is 21.8 Å². The molecule has 0 saturated heterocycles. The molecule has 31 heavy (non-hydrogen) atoms. The van der Waals surface area contributed by atoms with Crippen LogP contribution in [0, 0.1) is 12.7 Å². The van der Waals surface area contributed by atoms with Crippen LogP contribution in [0.25, 0.3) is 0 Å². The minimum absolute atomic E-state index is 0.0137. The maximum atomic E-state index is 13.6. The molecule has 164 valence electrons. The summed E-state index contributed by atoms with van der Waals surface area (Å²) in [6.45, 7) is 3.07. The summed E-state index contributed by atoms with van der Waals surface area (Å²) in [5.74, 6) is -2.06. The number of phenols is 1. The predicted octanol–water partition coefficient (Wildman–Crippen LogP) is 2.48. The fraction of sp³-hybridized carbons (Fsp3) is 0.238. The van der Waals surface area contributed by atoms with Crippen molar-refractivity contribution < 1.29 is 32.2 Å². The van der Waals surface area contributed by atoms with Gasteiger partial charge in [0.1, 0.15) is 11.6 Å². The number of amides is 2. The van der Waals surface area contributed by atoms with Gasteiger partial charge >= 0.3 is 12.0 Å². The Bertz CT molecular complexity index is 1160. The van der Waals surface area contributed by atoms with Crippen molar-refractivity contribution in [2.75, 3.05) is 12.4 Å². The molecule has 1 atom stereocenters. The average Bonchev–Trinajstić information content (AvgIpc) is 2.70. The number of benzene rings is 2. The Morgan fingerprint density at radius 1 is 1.19 bits per heavy atom. The highest BCUT2D eigenvalue weighted by Gasteiger charge is 2.35. The summed E-state index contributed by atoms with van der Waals surface area (Å²) in [6, 6.07) is 7.43. The number of halogens is 1. The molecule has 0 aliphatic carbocycles. The lowest BCUT2D eigenvalue weighted by Gasteiger charge is -2.29. The molecule has 0 aromatic heterocycles. The number of carbonyl (C=O) groups excluding carboxylic acids is 2. The Labute approximate surface area is 178 Å². The highest BCUT2D eigenvalue weighted by atomic mass is 32.2. The third-order valence-corrected chi connectivity index (χ3v) is 6.34. The van der Waals surface area contributed by atoms with E-state index < -0.39 is 39.4 Å². The Morgan fingerprint density at radius 3 is 2.48 bits per heavy atom. The maximum absolute atomic E-state index is 13.6. The van der Waals surface area contributed by atoms with Gasteiger partial charge in [-0.15, -0.1) is 0 Å². The third kappa shape index (κ3) is 4.85. The highest BCUT2D eigenvalue weighted by molar-refractivity contribution is 7.91. The van der Waals surface area contributed by atoms with Crippen LogP contribution in [-0.4, -0.2) is 37.9 Å². The second-order valence-electron chi connectivity index (χ2n) is 6.91. The lowest BCUT2D eigenvalue weighted by molar-refractivity contribution is -0.139. The number of sulfone groups is 1. The number of rotatable bonds is 6. The molecule has 3 N–H and O–H groups in total. The summed E-state index contributed by atoms with van der Waals surface area (Å²) >= 11 is 0. The molecular formula is C21H21FN2O6S. The molecule has 1 aliphatic heterocycles. The van der Waals surface area contributed by atoms with Crippen molar-refractivity contribution in [2.45, 2.75) is 24.8 Å². The average molecular weight is 448 g/mol. The largest absolute Gasteiger partial charge is 0.508 e. The van der Waals surface area contributed by atoms with Gasteiger partial charge < -0.3 is 20.5 Å². The molecule has 0 saturated carbocycles. The summed E-state index contributed by atoms with van der Waals surface area (Å²) < 4.78 is 44.6. The number of hydrogen-bond acceptors (Lipinski definition) is 6. The molecule has 2 aromatic carbocycles. The second kappa shape index (κ2) is 8.76. The molecule has 1 aliphatic rings. The zero-order valence-electron chi connectivity index (χ0n) is 16.8. The van der Waals surface area contributed by atoms with Crippen molar-refractivity contribution in [3.63, 3.8) is 0 Å². The number of phenolic OH excluding ortho intramolecular Hbond substituents is 1. The van der Waals surface area contributed by atoms with Crippen LogP contribution < -0.4 is 10.6 Å². The zero-order valence-corrected chi connectivity index (χ0v) is 17.6. The monoisotopic (exact) mass is 448 g/mol. The van der Waals surface area contributed by atoms with E-state index in [1.165, 1.54) is 37.3 Å². The first-order valence-electron chi connectivity index (χ1n) is 9.38. The third-order valence-electron chi connectivity index (χ3n) is 4.70. The molecule has 10 heteroatoms. The van der Waals surface area contributed by atoms with Gasteiger partial charge in [0, 0.05) is 5.70 Å². The molecule has 3 rings (SSSR count). The van der Waals surface area contributed by atoms with Gasteiger partial charge in [0.25, 0.3) is 0 Å². The van der Waals surface area contributed by atoms with Crippen molar-refractivity contribution in [3.8, 4) is 5.75 Å². The number of aromatic hydroxyl groups is 1. The molecule has 0 spiro atoms. The van der Waals surface area contributed by atoms with E-state index in [2.05, 4.69) is 10.6 Å². The van der Waals surface area contributed by atoms with Gasteiger partial charge in [0.15, 0.2) is 9.84 Å². The summed E-state index contributed by atoms with van der Waals surface area (Å²) in [5.41, 5.74) is 0.386. The standard InChI is InChI=1S/C21H21FN2O6S/c1-3-30-20(26)18-17(11-31(28,29)15-8-9-16(22)12(2)10-15)23-21(27)24-19(18)13-4-6-14(25)7-5-13/h4-10,19,25H,3,11H2,1-2H3,(H2,23,24,27). The van der Waals surface area contributed by atoms with Gasteiger partial charge in [-0.1, -0.05) is 12.1 Å². The van der Waals surface area contributed by atoms with Crippen molar-refractivity contribution in [2.24, 2.45) is 0 Å². The number of aryl methyl sites for hydroxylation is 1. The fourth-order valence-electron chi connectivity index (χ4n) is 3.18. The molecular weight excluding hydrogens is 427 g/mol. The van der Waals surface area contributed by atoms with Gasteiger partial charge in [-0.25, -0.2) is 22.4 Å². The molecule has 2 amide bonds. The first-order chi connectivity index (χ1) is 14.6. The summed E-state index contributed by atoms with van der Waals surface area (Å²) in [6.07, 6.45) is 0. The van der Waals surface area contributed by atoms with Crippen molar-refractivity contribution in [3.05, 3.63) is 70.7 Å². The molecule has 2 aromatic rings. The molecule has 1 heterocycles. The topological polar surface area (TPSA) is 122 Å². The fourth-order valence-corrected chi connectivity index (χ4v) is 4.59.